The molecular formula is C20H24Cl2N6O3S. The topological polar surface area (TPSA) is 108 Å². The van der Waals surface area contributed by atoms with Crippen LogP contribution in [0.3, 0.4) is 0 Å². The third-order valence-electron chi connectivity index (χ3n) is 5.56. The van der Waals surface area contributed by atoms with Crippen LogP contribution in [-0.4, -0.2) is 62.9 Å². The number of hydrogen-bond donors (Lipinski definition) is 3. The average Bonchev–Trinajstić information content (AvgIpc) is 3.47. The number of thiazole rings is 1. The van der Waals surface area contributed by atoms with E-state index in [1.54, 1.807) is 24.2 Å². The third kappa shape index (κ3) is 4.51. The number of H-pyrrole nitrogens is 1. The number of rotatable bonds is 7. The van der Waals surface area contributed by atoms with Gasteiger partial charge in [0.2, 0.25) is 0 Å². The number of ether oxygens (including phenoxy) is 1. The van der Waals surface area contributed by atoms with Gasteiger partial charge < -0.3 is 29.6 Å². The van der Waals surface area contributed by atoms with Gasteiger partial charge in [-0.25, -0.2) is 14.8 Å². The third-order valence-corrected chi connectivity index (χ3v) is 7.65. The number of carboxylic acids is 1. The Labute approximate surface area is 199 Å². The lowest BCUT2D eigenvalue weighted by Crippen LogP contribution is -2.53. The number of piperidine rings is 1. The van der Waals surface area contributed by atoms with Gasteiger partial charge in [0, 0.05) is 57.4 Å². The van der Waals surface area contributed by atoms with Gasteiger partial charge in [0.1, 0.15) is 16.3 Å². The Balaban J connectivity index is 1.48. The number of aromatic amines is 1. The van der Waals surface area contributed by atoms with E-state index in [0.717, 1.165) is 29.1 Å². The molecule has 0 aliphatic carbocycles. The second-order valence-corrected chi connectivity index (χ2v) is 9.49. The van der Waals surface area contributed by atoms with Gasteiger partial charge in [0.05, 0.1) is 22.5 Å². The first-order valence-electron chi connectivity index (χ1n) is 10.0. The summed E-state index contributed by atoms with van der Waals surface area (Å²) in [4.78, 5) is 26.2. The molecule has 3 aromatic heterocycles. The average molecular weight is 499 g/mol. The maximum absolute atomic E-state index is 11.8. The summed E-state index contributed by atoms with van der Waals surface area (Å²) < 4.78 is 7.51. The predicted molar refractivity (Wildman–Crippen MR) is 125 cm³/mol. The minimum absolute atomic E-state index is 0.101. The summed E-state index contributed by atoms with van der Waals surface area (Å²) in [6.45, 7) is 3.72. The molecule has 0 amide bonds. The van der Waals surface area contributed by atoms with Gasteiger partial charge in [-0.05, 0) is 13.3 Å². The zero-order chi connectivity index (χ0) is 23.0. The van der Waals surface area contributed by atoms with E-state index in [4.69, 9.17) is 27.9 Å². The van der Waals surface area contributed by atoms with Crippen LogP contribution in [0, 0.1) is 6.92 Å². The van der Waals surface area contributed by atoms with Crippen LogP contribution in [0.15, 0.2) is 12.5 Å². The number of carbonyl (C=O) groups is 1. The molecule has 1 aliphatic heterocycles. The minimum atomic E-state index is -1.01. The molecule has 0 radical (unpaired) electrons. The number of imidazole rings is 1. The summed E-state index contributed by atoms with van der Waals surface area (Å²) in [5, 5.41) is 14.9. The Morgan fingerprint density at radius 2 is 2.22 bits per heavy atom. The molecule has 172 valence electrons. The van der Waals surface area contributed by atoms with Crippen LogP contribution in [0.2, 0.25) is 10.0 Å². The van der Waals surface area contributed by atoms with Crippen molar-refractivity contribution < 1.29 is 14.6 Å². The van der Waals surface area contributed by atoms with E-state index >= 15 is 0 Å². The highest BCUT2D eigenvalue weighted by Crippen LogP contribution is 2.34. The van der Waals surface area contributed by atoms with Crippen molar-refractivity contribution in [2.24, 2.45) is 7.05 Å². The molecule has 2 atom stereocenters. The summed E-state index contributed by atoms with van der Waals surface area (Å²) in [5.41, 5.74) is 2.62. The first-order valence-corrected chi connectivity index (χ1v) is 11.6. The normalized spacial score (nSPS) is 19.0. The van der Waals surface area contributed by atoms with E-state index in [0.29, 0.717) is 46.2 Å². The Morgan fingerprint density at radius 1 is 1.44 bits per heavy atom. The molecule has 1 aliphatic rings. The zero-order valence-corrected chi connectivity index (χ0v) is 20.2. The second kappa shape index (κ2) is 9.40. The van der Waals surface area contributed by atoms with Gasteiger partial charge in [-0.15, -0.1) is 0 Å². The highest BCUT2D eigenvalue weighted by Gasteiger charge is 2.32. The Morgan fingerprint density at radius 3 is 2.81 bits per heavy atom. The fraction of sp³-hybridized carbons (Fsp3) is 0.450. The van der Waals surface area contributed by atoms with Gasteiger partial charge in [-0.1, -0.05) is 34.5 Å². The van der Waals surface area contributed by atoms with Gasteiger partial charge in [0.15, 0.2) is 5.13 Å². The number of halogens is 2. The number of aromatic nitrogens is 4. The molecule has 3 N–H and O–H groups in total. The fourth-order valence-electron chi connectivity index (χ4n) is 3.85. The van der Waals surface area contributed by atoms with Crippen LogP contribution >= 0.6 is 34.5 Å². The predicted octanol–water partition coefficient (Wildman–Crippen LogP) is 3.57. The smallest absolute Gasteiger partial charge is 0.348 e. The van der Waals surface area contributed by atoms with Crippen LogP contribution in [0.4, 0.5) is 5.13 Å². The number of nitrogens with one attached hydrogen (secondary N) is 2. The molecule has 0 saturated carbocycles. The van der Waals surface area contributed by atoms with Crippen LogP contribution in [-0.2, 0) is 18.3 Å². The van der Waals surface area contributed by atoms with Crippen LogP contribution in [0.25, 0.3) is 11.4 Å². The van der Waals surface area contributed by atoms with Crippen molar-refractivity contribution in [2.45, 2.75) is 32.0 Å². The number of nitrogens with zero attached hydrogens (tertiary/aromatic N) is 4. The molecule has 0 unspecified atom stereocenters. The molecule has 32 heavy (non-hydrogen) atoms. The summed E-state index contributed by atoms with van der Waals surface area (Å²) in [6.07, 6.45) is 4.08. The monoisotopic (exact) mass is 498 g/mol. The van der Waals surface area contributed by atoms with Gasteiger partial charge in [-0.2, -0.15) is 0 Å². The lowest BCUT2D eigenvalue weighted by molar-refractivity contribution is 0.0594. The van der Waals surface area contributed by atoms with E-state index in [2.05, 4.69) is 25.2 Å². The number of aromatic carboxylic acids is 1. The zero-order valence-electron chi connectivity index (χ0n) is 17.9. The van der Waals surface area contributed by atoms with Crippen LogP contribution < -0.4 is 10.2 Å². The molecule has 9 nitrogen and oxygen atoms in total. The van der Waals surface area contributed by atoms with Crippen LogP contribution in [0.1, 0.15) is 27.5 Å². The summed E-state index contributed by atoms with van der Waals surface area (Å²) in [7, 11) is 3.51. The quantitative estimate of drug-likeness (QED) is 0.456. The Kier molecular flexibility index (Phi) is 6.78. The number of aryl methyl sites for hydroxylation is 2. The van der Waals surface area contributed by atoms with Gasteiger partial charge >= 0.3 is 5.97 Å². The van der Waals surface area contributed by atoms with E-state index in [1.165, 1.54) is 0 Å². The van der Waals surface area contributed by atoms with Gasteiger partial charge in [0.25, 0.3) is 0 Å². The highest BCUT2D eigenvalue weighted by atomic mass is 35.5. The number of methoxy groups -OCH3 is 1. The largest absolute Gasteiger partial charge is 0.477 e. The first kappa shape index (κ1) is 23.1. The number of hydrogen-bond acceptors (Lipinski definition) is 7. The second-order valence-electron chi connectivity index (χ2n) is 7.76. The highest BCUT2D eigenvalue weighted by molar-refractivity contribution is 7.17. The van der Waals surface area contributed by atoms with Crippen LogP contribution in [0.5, 0.6) is 0 Å². The minimum Gasteiger partial charge on any atom is -0.477 e. The summed E-state index contributed by atoms with van der Waals surface area (Å²) >= 11 is 13.6. The Bertz CT molecular complexity index is 1130. The maximum Gasteiger partial charge on any atom is 0.348 e. The van der Waals surface area contributed by atoms with E-state index in [9.17, 15) is 9.90 Å². The molecule has 0 bridgehead atoms. The lowest BCUT2D eigenvalue weighted by Gasteiger charge is -2.38. The van der Waals surface area contributed by atoms with E-state index < -0.39 is 5.97 Å². The molecule has 1 saturated heterocycles. The van der Waals surface area contributed by atoms with Crippen molar-refractivity contribution in [3.8, 4) is 11.4 Å². The van der Waals surface area contributed by atoms with Crippen molar-refractivity contribution in [3.05, 3.63) is 38.8 Å². The van der Waals surface area contributed by atoms with E-state index in [1.807, 2.05) is 14.0 Å². The van der Waals surface area contributed by atoms with Crippen molar-refractivity contribution in [1.29, 1.82) is 0 Å². The van der Waals surface area contributed by atoms with Crippen molar-refractivity contribution in [3.63, 3.8) is 0 Å². The Hall–Kier alpha value is -2.11. The van der Waals surface area contributed by atoms with Crippen molar-refractivity contribution >= 4 is 45.6 Å². The number of anilines is 1. The molecule has 0 spiro atoms. The van der Waals surface area contributed by atoms with E-state index in [-0.39, 0.29) is 17.0 Å². The standard InChI is InChI=1S/C20H24Cl2N6O3S/c1-10-15(21)16(22)12(25-10)6-23-11-4-5-28(8-14(11)31-3)20-26-17(18(32-20)19(29)30)13-7-27(2)9-24-13/h7,9,11,14,23,25H,4-6,8H2,1-3H3,(H,29,30)/t11-,14+/m1/s1. The molecule has 4 heterocycles. The summed E-state index contributed by atoms with van der Waals surface area (Å²) in [6, 6.07) is 0.101. The SMILES string of the molecule is CO[C@H]1CN(c2nc(-c3cn(C)cn3)c(C(=O)O)s2)CC[C@H]1NCc1[nH]c(C)c(Cl)c1Cl. The molecule has 4 rings (SSSR count). The molecule has 1 fully saturated rings. The molecule has 12 heteroatoms. The first-order chi connectivity index (χ1) is 15.3. The van der Waals surface area contributed by atoms with Crippen molar-refractivity contribution in [1.82, 2.24) is 24.8 Å². The maximum atomic E-state index is 11.8. The molecule has 0 aromatic carbocycles. The summed E-state index contributed by atoms with van der Waals surface area (Å²) in [5.74, 6) is -1.01. The fourth-order valence-corrected chi connectivity index (χ4v) is 5.21. The molecule has 3 aromatic rings. The lowest BCUT2D eigenvalue weighted by atomic mass is 10.0. The van der Waals surface area contributed by atoms with Gasteiger partial charge in [-0.3, -0.25) is 0 Å². The van der Waals surface area contributed by atoms with Crippen molar-refractivity contribution in [2.75, 3.05) is 25.1 Å². The molecular weight excluding hydrogens is 475 g/mol. The number of carboxylic acid groups (broad SMARTS) is 1.